The largest absolute Gasteiger partial charge is 0.481 e. The van der Waals surface area contributed by atoms with E-state index in [9.17, 15) is 4.79 Å². The van der Waals surface area contributed by atoms with Gasteiger partial charge < -0.3 is 5.11 Å². The number of fused-ring (bicyclic) bond motifs is 2. The summed E-state index contributed by atoms with van der Waals surface area (Å²) < 4.78 is 0. The normalized spacial score (nSPS) is 29.8. The molecule has 3 rings (SSSR count). The van der Waals surface area contributed by atoms with Crippen LogP contribution in [0.2, 0.25) is 0 Å². The van der Waals surface area contributed by atoms with Crippen LogP contribution < -0.4 is 0 Å². The lowest BCUT2D eigenvalue weighted by Gasteiger charge is -2.31. The van der Waals surface area contributed by atoms with Crippen LogP contribution in [0, 0.1) is 17.8 Å². The van der Waals surface area contributed by atoms with Gasteiger partial charge in [-0.1, -0.05) is 25.3 Å². The maximum Gasteiger partial charge on any atom is 0.303 e. The molecule has 2 fully saturated rings. The van der Waals surface area contributed by atoms with Gasteiger partial charge in [0.05, 0.1) is 0 Å². The average molecular weight is 301 g/mol. The van der Waals surface area contributed by atoms with Gasteiger partial charge in [0.2, 0.25) is 0 Å². The van der Waals surface area contributed by atoms with Crippen molar-refractivity contribution in [3.8, 4) is 0 Å². The number of carboxylic acid groups (broad SMARTS) is 1. The third-order valence-electron chi connectivity index (χ3n) is 5.84. The summed E-state index contributed by atoms with van der Waals surface area (Å²) >= 11 is 0. The first-order valence-electron chi connectivity index (χ1n) is 8.87. The molecule has 2 bridgehead atoms. The topological polar surface area (TPSA) is 50.2 Å². The average Bonchev–Trinajstić information content (AvgIpc) is 3.12. The molecule has 1 N–H and O–H groups in total. The molecule has 1 aromatic rings. The predicted octanol–water partition coefficient (Wildman–Crippen LogP) is 4.64. The van der Waals surface area contributed by atoms with Crippen molar-refractivity contribution in [2.75, 3.05) is 0 Å². The minimum atomic E-state index is -0.662. The van der Waals surface area contributed by atoms with Crippen molar-refractivity contribution in [3.05, 3.63) is 30.1 Å². The third-order valence-corrected chi connectivity index (χ3v) is 5.84. The number of pyridine rings is 1. The first kappa shape index (κ1) is 15.5. The van der Waals surface area contributed by atoms with Crippen LogP contribution in [0.4, 0.5) is 0 Å². The molecule has 0 saturated heterocycles. The van der Waals surface area contributed by atoms with Crippen molar-refractivity contribution in [2.45, 2.75) is 63.7 Å². The monoisotopic (exact) mass is 301 g/mol. The molecule has 3 unspecified atom stereocenters. The van der Waals surface area contributed by atoms with Crippen LogP contribution in [0.1, 0.15) is 69.3 Å². The van der Waals surface area contributed by atoms with Gasteiger partial charge in [0, 0.05) is 18.8 Å². The number of rotatable bonds is 8. The van der Waals surface area contributed by atoms with E-state index in [0.29, 0.717) is 6.42 Å². The standard InChI is InChI=1S/C19H27NO2/c21-18(22)8-4-2-1-3-7-17-14-9-10-15(12-14)19(17)16-6-5-11-20-13-16/h5-6,11,13-15,17,19H,1-4,7-10,12H2,(H,21,22)/t14?,15?,17-,19?/m1/s1. The molecule has 3 heteroatoms. The Labute approximate surface area is 133 Å². The fourth-order valence-electron chi connectivity index (χ4n) is 4.93. The van der Waals surface area contributed by atoms with Gasteiger partial charge in [0.25, 0.3) is 0 Å². The Hall–Kier alpha value is -1.38. The van der Waals surface area contributed by atoms with Crippen LogP contribution in [0.25, 0.3) is 0 Å². The maximum absolute atomic E-state index is 10.5. The van der Waals surface area contributed by atoms with E-state index in [1.54, 1.807) is 0 Å². The molecule has 1 heterocycles. The number of aliphatic carboxylic acids is 1. The number of carbonyl (C=O) groups is 1. The Morgan fingerprint density at radius 1 is 1.18 bits per heavy atom. The van der Waals surface area contributed by atoms with Crippen LogP contribution in [0.15, 0.2) is 24.5 Å². The minimum Gasteiger partial charge on any atom is -0.481 e. The van der Waals surface area contributed by atoms with E-state index in [-0.39, 0.29) is 0 Å². The van der Waals surface area contributed by atoms with E-state index < -0.39 is 5.97 Å². The summed E-state index contributed by atoms with van der Waals surface area (Å²) in [5, 5.41) is 8.67. The van der Waals surface area contributed by atoms with Crippen molar-refractivity contribution in [3.63, 3.8) is 0 Å². The Morgan fingerprint density at radius 3 is 2.77 bits per heavy atom. The summed E-state index contributed by atoms with van der Waals surface area (Å²) in [5.74, 6) is 2.71. The number of aromatic nitrogens is 1. The van der Waals surface area contributed by atoms with E-state index >= 15 is 0 Å². The van der Waals surface area contributed by atoms with Gasteiger partial charge in [-0.05, 0) is 67.4 Å². The fraction of sp³-hybridized carbons (Fsp3) is 0.684. The van der Waals surface area contributed by atoms with E-state index in [2.05, 4.69) is 23.3 Å². The summed E-state index contributed by atoms with van der Waals surface area (Å²) in [6.45, 7) is 0. The molecule has 0 radical (unpaired) electrons. The van der Waals surface area contributed by atoms with Crippen molar-refractivity contribution in [1.82, 2.24) is 4.98 Å². The number of hydrogen-bond donors (Lipinski definition) is 1. The molecular formula is C19H27NO2. The zero-order valence-electron chi connectivity index (χ0n) is 13.3. The van der Waals surface area contributed by atoms with Crippen molar-refractivity contribution < 1.29 is 9.90 Å². The van der Waals surface area contributed by atoms with E-state index in [0.717, 1.165) is 36.5 Å². The summed E-state index contributed by atoms with van der Waals surface area (Å²) in [6, 6.07) is 4.34. The second kappa shape index (κ2) is 7.26. The highest BCUT2D eigenvalue weighted by atomic mass is 16.4. The molecule has 22 heavy (non-hydrogen) atoms. The number of nitrogens with zero attached hydrogens (tertiary/aromatic N) is 1. The fourth-order valence-corrected chi connectivity index (χ4v) is 4.93. The lowest BCUT2D eigenvalue weighted by atomic mass is 9.74. The van der Waals surface area contributed by atoms with Crippen LogP contribution in [-0.2, 0) is 4.79 Å². The highest BCUT2D eigenvalue weighted by Gasteiger charge is 2.47. The second-order valence-corrected chi connectivity index (χ2v) is 7.16. The van der Waals surface area contributed by atoms with Gasteiger partial charge >= 0.3 is 5.97 Å². The zero-order chi connectivity index (χ0) is 15.4. The number of carboxylic acids is 1. The Bertz CT molecular complexity index is 487. The van der Waals surface area contributed by atoms with Crippen LogP contribution in [-0.4, -0.2) is 16.1 Å². The molecule has 4 atom stereocenters. The first-order valence-corrected chi connectivity index (χ1v) is 8.87. The van der Waals surface area contributed by atoms with Gasteiger partial charge in [-0.25, -0.2) is 0 Å². The summed E-state index contributed by atoms with van der Waals surface area (Å²) in [5.41, 5.74) is 1.45. The van der Waals surface area contributed by atoms with Crippen molar-refractivity contribution >= 4 is 5.97 Å². The summed E-state index contributed by atoms with van der Waals surface area (Å²) in [4.78, 5) is 14.9. The molecule has 2 aliphatic rings. The van der Waals surface area contributed by atoms with Crippen molar-refractivity contribution in [1.29, 1.82) is 0 Å². The minimum absolute atomic E-state index is 0.326. The molecule has 3 nitrogen and oxygen atoms in total. The Morgan fingerprint density at radius 2 is 2.00 bits per heavy atom. The lowest BCUT2D eigenvalue weighted by Crippen LogP contribution is -2.20. The molecule has 2 saturated carbocycles. The quantitative estimate of drug-likeness (QED) is 0.712. The molecule has 0 spiro atoms. The van der Waals surface area contributed by atoms with Gasteiger partial charge in [-0.3, -0.25) is 9.78 Å². The number of unbranched alkanes of at least 4 members (excludes halogenated alkanes) is 3. The smallest absolute Gasteiger partial charge is 0.303 e. The van der Waals surface area contributed by atoms with Crippen LogP contribution >= 0.6 is 0 Å². The van der Waals surface area contributed by atoms with Gasteiger partial charge in [0.1, 0.15) is 0 Å². The molecule has 0 aliphatic heterocycles. The van der Waals surface area contributed by atoms with Gasteiger partial charge in [-0.2, -0.15) is 0 Å². The van der Waals surface area contributed by atoms with Crippen LogP contribution in [0.3, 0.4) is 0 Å². The molecule has 0 amide bonds. The Kier molecular flexibility index (Phi) is 5.12. The van der Waals surface area contributed by atoms with Gasteiger partial charge in [0.15, 0.2) is 0 Å². The molecule has 120 valence electrons. The first-order chi connectivity index (χ1) is 10.8. The summed E-state index contributed by atoms with van der Waals surface area (Å²) in [7, 11) is 0. The SMILES string of the molecule is O=C(O)CCCCCC[C@@H]1C2CCC(C2)C1c1cccnc1. The molecule has 2 aliphatic carbocycles. The maximum atomic E-state index is 10.5. The molecule has 1 aromatic heterocycles. The van der Waals surface area contributed by atoms with E-state index in [1.807, 2.05) is 6.20 Å². The second-order valence-electron chi connectivity index (χ2n) is 7.16. The van der Waals surface area contributed by atoms with E-state index in [4.69, 9.17) is 5.11 Å². The molecular weight excluding hydrogens is 274 g/mol. The highest BCUT2D eigenvalue weighted by Crippen LogP contribution is 2.58. The third kappa shape index (κ3) is 3.50. The lowest BCUT2D eigenvalue weighted by molar-refractivity contribution is -0.137. The van der Waals surface area contributed by atoms with Gasteiger partial charge in [-0.15, -0.1) is 0 Å². The molecule has 0 aromatic carbocycles. The number of hydrogen-bond acceptors (Lipinski definition) is 2. The predicted molar refractivity (Wildman–Crippen MR) is 86.6 cm³/mol. The van der Waals surface area contributed by atoms with Crippen LogP contribution in [0.5, 0.6) is 0 Å². The van der Waals surface area contributed by atoms with Crippen molar-refractivity contribution in [2.24, 2.45) is 17.8 Å². The summed E-state index contributed by atoms with van der Waals surface area (Å²) in [6.07, 6.45) is 14.2. The Balaban J connectivity index is 1.50. The zero-order valence-corrected chi connectivity index (χ0v) is 13.3. The highest BCUT2D eigenvalue weighted by molar-refractivity contribution is 5.66. The van der Waals surface area contributed by atoms with E-state index in [1.165, 1.54) is 44.1 Å².